The van der Waals surface area contributed by atoms with E-state index >= 15 is 0 Å². The lowest BCUT2D eigenvalue weighted by atomic mass is 9.84. The highest BCUT2D eigenvalue weighted by Gasteiger charge is 2.42. The molecule has 24 heavy (non-hydrogen) atoms. The normalized spacial score (nSPS) is 23.7. The Hall–Kier alpha value is -1.27. The van der Waals surface area contributed by atoms with Gasteiger partial charge < -0.3 is 11.1 Å². The van der Waals surface area contributed by atoms with E-state index in [2.05, 4.69) is 5.32 Å². The van der Waals surface area contributed by atoms with E-state index in [1.54, 1.807) is 6.92 Å². The minimum absolute atomic E-state index is 0. The Morgan fingerprint density at radius 2 is 1.88 bits per heavy atom. The number of carbonyl (C=O) groups excluding carboxylic acids is 1. The molecule has 1 aromatic rings. The summed E-state index contributed by atoms with van der Waals surface area (Å²) >= 11 is 0. The first-order chi connectivity index (χ1) is 10.8. The van der Waals surface area contributed by atoms with E-state index in [1.165, 1.54) is 0 Å². The summed E-state index contributed by atoms with van der Waals surface area (Å²) in [6, 6.07) is 8.33. The molecule has 4 unspecified atom stereocenters. The Morgan fingerprint density at radius 1 is 1.25 bits per heavy atom. The highest BCUT2D eigenvalue weighted by atomic mass is 35.5. The molecular formula is C17H24ClF3N2O. The molecule has 4 atom stereocenters. The molecule has 0 aliphatic heterocycles. The first-order valence-corrected chi connectivity index (χ1v) is 7.96. The van der Waals surface area contributed by atoms with Crippen molar-refractivity contribution in [1.82, 2.24) is 5.32 Å². The van der Waals surface area contributed by atoms with Gasteiger partial charge in [-0.15, -0.1) is 12.4 Å². The van der Waals surface area contributed by atoms with Gasteiger partial charge in [0.05, 0.1) is 11.8 Å². The topological polar surface area (TPSA) is 55.1 Å². The summed E-state index contributed by atoms with van der Waals surface area (Å²) in [7, 11) is 0. The van der Waals surface area contributed by atoms with Crippen LogP contribution < -0.4 is 11.1 Å². The van der Waals surface area contributed by atoms with Crippen LogP contribution in [0.15, 0.2) is 30.3 Å². The van der Waals surface area contributed by atoms with Crippen LogP contribution in [0.25, 0.3) is 0 Å². The van der Waals surface area contributed by atoms with Crippen molar-refractivity contribution < 1.29 is 18.0 Å². The molecule has 0 radical (unpaired) electrons. The third-order valence-electron chi connectivity index (χ3n) is 4.62. The largest absolute Gasteiger partial charge is 0.391 e. The van der Waals surface area contributed by atoms with Gasteiger partial charge >= 0.3 is 6.18 Å². The fourth-order valence-electron chi connectivity index (χ4n) is 3.08. The lowest BCUT2D eigenvalue weighted by molar-refractivity contribution is -0.184. The lowest BCUT2D eigenvalue weighted by Gasteiger charge is -2.32. The van der Waals surface area contributed by atoms with Crippen LogP contribution in [0.1, 0.15) is 44.2 Å². The molecule has 0 spiro atoms. The standard InChI is InChI=1S/C17H23F3N2O.ClH/c1-11(15(21)12-6-3-2-4-7-12)16(23)22-14-9-5-8-13(10-14)17(18,19)20;/h2-4,6-7,11,13-15H,5,8-10,21H2,1H3,(H,22,23);1H. The predicted molar refractivity (Wildman–Crippen MR) is 89.7 cm³/mol. The molecule has 1 aliphatic carbocycles. The molecule has 2 rings (SSSR count). The number of halogens is 4. The summed E-state index contributed by atoms with van der Waals surface area (Å²) in [6.45, 7) is 1.71. The third-order valence-corrected chi connectivity index (χ3v) is 4.62. The van der Waals surface area contributed by atoms with Crippen LogP contribution in [-0.4, -0.2) is 18.1 Å². The summed E-state index contributed by atoms with van der Waals surface area (Å²) in [5.74, 6) is -2.10. The van der Waals surface area contributed by atoms with E-state index in [0.29, 0.717) is 12.8 Å². The van der Waals surface area contributed by atoms with Crippen LogP contribution in [0.5, 0.6) is 0 Å². The minimum Gasteiger partial charge on any atom is -0.353 e. The maximum Gasteiger partial charge on any atom is 0.391 e. The minimum atomic E-state index is -4.19. The maximum atomic E-state index is 12.8. The Kier molecular flexibility index (Phi) is 7.55. The van der Waals surface area contributed by atoms with Crippen LogP contribution in [0.4, 0.5) is 13.2 Å². The third kappa shape index (κ3) is 5.38. The molecule has 0 aromatic heterocycles. The number of hydrogen-bond acceptors (Lipinski definition) is 2. The number of nitrogens with two attached hydrogens (primary N) is 1. The Labute approximate surface area is 146 Å². The average Bonchev–Trinajstić information content (AvgIpc) is 2.53. The second-order valence-corrected chi connectivity index (χ2v) is 6.34. The van der Waals surface area contributed by atoms with Gasteiger partial charge in [0.1, 0.15) is 0 Å². The summed E-state index contributed by atoms with van der Waals surface area (Å²) in [5, 5.41) is 2.75. The van der Waals surface area contributed by atoms with Crippen molar-refractivity contribution in [3.8, 4) is 0 Å². The molecule has 0 bridgehead atoms. The van der Waals surface area contributed by atoms with Crippen molar-refractivity contribution in [2.24, 2.45) is 17.6 Å². The molecule has 1 saturated carbocycles. The Balaban J connectivity index is 0.00000288. The summed E-state index contributed by atoms with van der Waals surface area (Å²) in [5.41, 5.74) is 6.94. The Morgan fingerprint density at radius 3 is 2.46 bits per heavy atom. The number of benzene rings is 1. The monoisotopic (exact) mass is 364 g/mol. The predicted octanol–water partition coefficient (Wildman–Crippen LogP) is 3.98. The quantitative estimate of drug-likeness (QED) is 0.849. The van der Waals surface area contributed by atoms with Crippen LogP contribution in [0, 0.1) is 11.8 Å². The van der Waals surface area contributed by atoms with Crippen molar-refractivity contribution in [2.45, 2.75) is 50.9 Å². The van der Waals surface area contributed by atoms with Crippen LogP contribution >= 0.6 is 12.4 Å². The maximum absolute atomic E-state index is 12.8. The van der Waals surface area contributed by atoms with Crippen molar-refractivity contribution in [1.29, 1.82) is 0 Å². The van der Waals surface area contributed by atoms with Gasteiger partial charge in [-0.1, -0.05) is 43.7 Å². The molecule has 0 heterocycles. The summed E-state index contributed by atoms with van der Waals surface area (Å²) in [6.07, 6.45) is -3.01. The zero-order chi connectivity index (χ0) is 17.0. The number of nitrogens with one attached hydrogen (secondary N) is 1. The van der Waals surface area contributed by atoms with E-state index in [1.807, 2.05) is 30.3 Å². The van der Waals surface area contributed by atoms with Gasteiger partial charge in [-0.3, -0.25) is 4.79 Å². The first kappa shape index (κ1) is 20.8. The molecule has 3 N–H and O–H groups in total. The number of carbonyl (C=O) groups is 1. The smallest absolute Gasteiger partial charge is 0.353 e. The summed E-state index contributed by atoms with van der Waals surface area (Å²) in [4.78, 5) is 12.3. The van der Waals surface area contributed by atoms with E-state index in [9.17, 15) is 18.0 Å². The van der Waals surface area contributed by atoms with Crippen LogP contribution in [-0.2, 0) is 4.79 Å². The molecule has 3 nitrogen and oxygen atoms in total. The highest BCUT2D eigenvalue weighted by Crippen LogP contribution is 2.37. The fraction of sp³-hybridized carbons (Fsp3) is 0.588. The fourth-order valence-corrected chi connectivity index (χ4v) is 3.08. The molecule has 1 fully saturated rings. The number of alkyl halides is 3. The highest BCUT2D eigenvalue weighted by molar-refractivity contribution is 5.85. The molecule has 1 aromatic carbocycles. The molecule has 0 saturated heterocycles. The second kappa shape index (κ2) is 8.72. The van der Waals surface area contributed by atoms with Gasteiger partial charge in [-0.2, -0.15) is 13.2 Å². The first-order valence-electron chi connectivity index (χ1n) is 7.96. The van der Waals surface area contributed by atoms with Gasteiger partial charge in [0, 0.05) is 12.1 Å². The van der Waals surface area contributed by atoms with E-state index in [-0.39, 0.29) is 31.2 Å². The van der Waals surface area contributed by atoms with Gasteiger partial charge in [-0.25, -0.2) is 0 Å². The Bertz CT molecular complexity index is 524. The number of hydrogen-bond donors (Lipinski definition) is 2. The van der Waals surface area contributed by atoms with E-state index in [4.69, 9.17) is 5.73 Å². The van der Waals surface area contributed by atoms with Crippen LogP contribution in [0.3, 0.4) is 0 Å². The van der Waals surface area contributed by atoms with Gasteiger partial charge in [0.15, 0.2) is 0 Å². The van der Waals surface area contributed by atoms with Crippen LogP contribution in [0.2, 0.25) is 0 Å². The van der Waals surface area contributed by atoms with Crippen molar-refractivity contribution in [3.05, 3.63) is 35.9 Å². The number of amides is 1. The number of rotatable bonds is 4. The molecule has 136 valence electrons. The zero-order valence-electron chi connectivity index (χ0n) is 13.6. The molecule has 1 aliphatic rings. The van der Waals surface area contributed by atoms with Crippen molar-refractivity contribution in [3.63, 3.8) is 0 Å². The average molecular weight is 365 g/mol. The van der Waals surface area contributed by atoms with Gasteiger partial charge in [0.2, 0.25) is 5.91 Å². The van der Waals surface area contributed by atoms with E-state index in [0.717, 1.165) is 5.56 Å². The second-order valence-electron chi connectivity index (χ2n) is 6.34. The SMILES string of the molecule is CC(C(=O)NC1CCCC(C(F)(F)F)C1)C(N)c1ccccc1.Cl. The van der Waals surface area contributed by atoms with Gasteiger partial charge in [0.25, 0.3) is 0 Å². The molecule has 7 heteroatoms. The van der Waals surface area contributed by atoms with Crippen molar-refractivity contribution in [2.75, 3.05) is 0 Å². The summed E-state index contributed by atoms with van der Waals surface area (Å²) < 4.78 is 38.5. The van der Waals surface area contributed by atoms with Gasteiger partial charge in [-0.05, 0) is 24.8 Å². The molecular weight excluding hydrogens is 341 g/mol. The van der Waals surface area contributed by atoms with Crippen molar-refractivity contribution >= 4 is 18.3 Å². The lowest BCUT2D eigenvalue weighted by Crippen LogP contribution is -2.45. The molecule has 1 amide bonds. The zero-order valence-corrected chi connectivity index (χ0v) is 14.4. The van der Waals surface area contributed by atoms with E-state index < -0.39 is 30.1 Å².